The van der Waals surface area contributed by atoms with Crippen molar-refractivity contribution in [3.8, 4) is 0 Å². The zero-order chi connectivity index (χ0) is 19.2. The van der Waals surface area contributed by atoms with Crippen LogP contribution in [-0.2, 0) is 21.2 Å². The smallest absolute Gasteiger partial charge is 0.243 e. The largest absolute Gasteiger partial charge is 0.353 e. The number of carbonyl (C=O) groups excluding carboxylic acids is 1. The lowest BCUT2D eigenvalue weighted by Gasteiger charge is -2.20. The Labute approximate surface area is 158 Å². The average Bonchev–Trinajstić information content (AvgIpc) is 2.90. The summed E-state index contributed by atoms with van der Waals surface area (Å²) in [4.78, 5) is 12.3. The van der Waals surface area contributed by atoms with Crippen molar-refractivity contribution in [3.63, 3.8) is 0 Å². The van der Waals surface area contributed by atoms with E-state index in [2.05, 4.69) is 19.2 Å². The molecule has 26 heavy (non-hydrogen) atoms. The molecule has 1 saturated heterocycles. The highest BCUT2D eigenvalue weighted by Gasteiger charge is 2.24. The van der Waals surface area contributed by atoms with Crippen molar-refractivity contribution in [2.75, 3.05) is 13.1 Å². The average molecular weight is 381 g/mol. The van der Waals surface area contributed by atoms with Crippen LogP contribution in [0.5, 0.6) is 0 Å². The van der Waals surface area contributed by atoms with Crippen LogP contribution >= 0.6 is 0 Å². The van der Waals surface area contributed by atoms with Crippen LogP contribution in [0.25, 0.3) is 0 Å². The van der Waals surface area contributed by atoms with Gasteiger partial charge in [-0.2, -0.15) is 4.31 Å². The molecule has 1 heterocycles. The molecule has 0 spiro atoms. The zero-order valence-electron chi connectivity index (χ0n) is 16.2. The van der Waals surface area contributed by atoms with E-state index in [1.165, 1.54) is 0 Å². The molecule has 0 radical (unpaired) electrons. The maximum atomic E-state index is 12.8. The summed E-state index contributed by atoms with van der Waals surface area (Å²) in [6.45, 7) is 7.38. The van der Waals surface area contributed by atoms with Gasteiger partial charge in [0.05, 0.1) is 4.90 Å². The number of hydrogen-bond donors (Lipinski definition) is 1. The summed E-state index contributed by atoms with van der Waals surface area (Å²) in [5, 5.41) is 2.99. The lowest BCUT2D eigenvalue weighted by molar-refractivity contribution is -0.121. The van der Waals surface area contributed by atoms with Crippen molar-refractivity contribution in [2.45, 2.75) is 70.2 Å². The Morgan fingerprint density at radius 2 is 1.62 bits per heavy atom. The van der Waals surface area contributed by atoms with Crippen molar-refractivity contribution in [3.05, 3.63) is 29.8 Å². The highest BCUT2D eigenvalue weighted by atomic mass is 32.2. The second kappa shape index (κ2) is 9.51. The summed E-state index contributed by atoms with van der Waals surface area (Å²) in [6.07, 6.45) is 5.09. The van der Waals surface area contributed by atoms with Crippen molar-refractivity contribution in [1.29, 1.82) is 0 Å². The van der Waals surface area contributed by atoms with Crippen LogP contribution in [0.2, 0.25) is 0 Å². The maximum Gasteiger partial charge on any atom is 0.243 e. The molecule has 1 aliphatic rings. The Morgan fingerprint density at radius 1 is 1.04 bits per heavy atom. The van der Waals surface area contributed by atoms with E-state index in [1.807, 2.05) is 19.1 Å². The van der Waals surface area contributed by atoms with E-state index >= 15 is 0 Å². The van der Waals surface area contributed by atoms with E-state index in [0.717, 1.165) is 31.2 Å². The van der Waals surface area contributed by atoms with Gasteiger partial charge in [-0.05, 0) is 49.8 Å². The SMILES string of the molecule is CC(C)C(C)NC(=O)CCc1ccc(S(=O)(=O)N2CCCCCC2)cc1. The molecule has 1 aromatic carbocycles. The van der Waals surface area contributed by atoms with Gasteiger partial charge in [0.15, 0.2) is 0 Å². The van der Waals surface area contributed by atoms with Gasteiger partial charge in [-0.25, -0.2) is 8.42 Å². The molecule has 1 amide bonds. The quantitative estimate of drug-likeness (QED) is 0.789. The summed E-state index contributed by atoms with van der Waals surface area (Å²) in [7, 11) is -3.40. The number of rotatable bonds is 7. The second-order valence-corrected chi connectivity index (χ2v) is 9.50. The predicted octanol–water partition coefficient (Wildman–Crippen LogP) is 3.34. The van der Waals surface area contributed by atoms with Crippen molar-refractivity contribution in [2.24, 2.45) is 5.92 Å². The first-order chi connectivity index (χ1) is 12.3. The molecule has 0 aliphatic carbocycles. The minimum Gasteiger partial charge on any atom is -0.353 e. The van der Waals surface area contributed by atoms with Gasteiger partial charge in [0, 0.05) is 25.6 Å². The van der Waals surface area contributed by atoms with Crippen LogP contribution in [0.4, 0.5) is 0 Å². The Morgan fingerprint density at radius 3 is 2.15 bits per heavy atom. The summed E-state index contributed by atoms with van der Waals surface area (Å²) in [5.41, 5.74) is 0.979. The molecule has 1 unspecified atom stereocenters. The molecule has 0 aromatic heterocycles. The summed E-state index contributed by atoms with van der Waals surface area (Å²) < 4.78 is 27.1. The van der Waals surface area contributed by atoms with Gasteiger partial charge in [0.1, 0.15) is 0 Å². The van der Waals surface area contributed by atoms with Gasteiger partial charge in [-0.15, -0.1) is 0 Å². The Balaban J connectivity index is 1.94. The van der Waals surface area contributed by atoms with Crippen LogP contribution in [0.3, 0.4) is 0 Å². The third-order valence-electron chi connectivity index (χ3n) is 5.16. The molecule has 1 aliphatic heterocycles. The number of aryl methyl sites for hydroxylation is 1. The first-order valence-corrected chi connectivity index (χ1v) is 11.1. The van der Waals surface area contributed by atoms with Crippen LogP contribution in [0, 0.1) is 5.92 Å². The van der Waals surface area contributed by atoms with Gasteiger partial charge in [0.2, 0.25) is 15.9 Å². The van der Waals surface area contributed by atoms with Gasteiger partial charge in [-0.3, -0.25) is 4.79 Å². The minimum atomic E-state index is -3.40. The highest BCUT2D eigenvalue weighted by molar-refractivity contribution is 7.89. The van der Waals surface area contributed by atoms with E-state index in [0.29, 0.717) is 36.7 Å². The van der Waals surface area contributed by atoms with Gasteiger partial charge < -0.3 is 5.32 Å². The number of nitrogens with one attached hydrogen (secondary N) is 1. The first-order valence-electron chi connectivity index (χ1n) is 9.69. The van der Waals surface area contributed by atoms with Crippen LogP contribution in [0.1, 0.15) is 58.4 Å². The molecule has 6 heteroatoms. The zero-order valence-corrected chi connectivity index (χ0v) is 17.0. The molecule has 1 N–H and O–H groups in total. The molecule has 1 atom stereocenters. The third kappa shape index (κ3) is 5.81. The van der Waals surface area contributed by atoms with Crippen molar-refractivity contribution in [1.82, 2.24) is 9.62 Å². The van der Waals surface area contributed by atoms with Crippen LogP contribution in [-0.4, -0.2) is 37.8 Å². The maximum absolute atomic E-state index is 12.8. The summed E-state index contributed by atoms with van der Waals surface area (Å²) in [6, 6.07) is 7.14. The molecular formula is C20H32N2O3S. The normalized spacial score (nSPS) is 17.7. The van der Waals surface area contributed by atoms with Crippen molar-refractivity contribution >= 4 is 15.9 Å². The molecule has 1 aromatic rings. The summed E-state index contributed by atoms with van der Waals surface area (Å²) in [5.74, 6) is 0.440. The lowest BCUT2D eigenvalue weighted by atomic mass is 10.1. The topological polar surface area (TPSA) is 66.5 Å². The number of carbonyl (C=O) groups is 1. The Kier molecular flexibility index (Phi) is 7.65. The van der Waals surface area contributed by atoms with E-state index in [4.69, 9.17) is 0 Å². The molecule has 0 saturated carbocycles. The fraction of sp³-hybridized carbons (Fsp3) is 0.650. The molecule has 5 nitrogen and oxygen atoms in total. The highest BCUT2D eigenvalue weighted by Crippen LogP contribution is 2.21. The van der Waals surface area contributed by atoms with E-state index in [9.17, 15) is 13.2 Å². The first kappa shape index (κ1) is 20.9. The number of benzene rings is 1. The fourth-order valence-corrected chi connectivity index (χ4v) is 4.53. The minimum absolute atomic E-state index is 0.0347. The Hall–Kier alpha value is -1.40. The summed E-state index contributed by atoms with van der Waals surface area (Å²) >= 11 is 0. The number of nitrogens with zero attached hydrogens (tertiary/aromatic N) is 1. The standard InChI is InChI=1S/C20H32N2O3S/c1-16(2)17(3)21-20(23)13-10-18-8-11-19(12-9-18)26(24,25)22-14-6-4-5-7-15-22/h8-9,11-12,16-17H,4-7,10,13-15H2,1-3H3,(H,21,23). The molecule has 146 valence electrons. The lowest BCUT2D eigenvalue weighted by Crippen LogP contribution is -2.36. The molecule has 1 fully saturated rings. The number of amides is 1. The van der Waals surface area contributed by atoms with E-state index in [-0.39, 0.29) is 11.9 Å². The second-order valence-electron chi connectivity index (χ2n) is 7.56. The van der Waals surface area contributed by atoms with Gasteiger partial charge >= 0.3 is 0 Å². The van der Waals surface area contributed by atoms with Gasteiger partial charge in [0.25, 0.3) is 0 Å². The number of sulfonamides is 1. The molecule has 0 bridgehead atoms. The Bertz CT molecular complexity index is 676. The third-order valence-corrected chi connectivity index (χ3v) is 7.07. The molecule has 2 rings (SSSR count). The van der Waals surface area contributed by atoms with E-state index in [1.54, 1.807) is 16.4 Å². The van der Waals surface area contributed by atoms with Crippen LogP contribution < -0.4 is 5.32 Å². The van der Waals surface area contributed by atoms with Crippen LogP contribution in [0.15, 0.2) is 29.2 Å². The fourth-order valence-electron chi connectivity index (χ4n) is 3.01. The number of hydrogen-bond acceptors (Lipinski definition) is 3. The van der Waals surface area contributed by atoms with Crippen molar-refractivity contribution < 1.29 is 13.2 Å². The molecular weight excluding hydrogens is 348 g/mol. The monoisotopic (exact) mass is 380 g/mol. The van der Waals surface area contributed by atoms with Gasteiger partial charge in [-0.1, -0.05) is 38.8 Å². The van der Waals surface area contributed by atoms with E-state index < -0.39 is 10.0 Å². The predicted molar refractivity (Wildman–Crippen MR) is 104 cm³/mol.